The SMILES string of the molecule is CCC[Si](CCC)(CCC)CCCN=C=O. The fraction of sp³-hybridized carbons (Fsp3) is 0.923. The van der Waals surface area contributed by atoms with Crippen LogP contribution in [0.15, 0.2) is 4.99 Å². The maximum absolute atomic E-state index is 10.0. The van der Waals surface area contributed by atoms with Gasteiger partial charge in [-0.15, -0.1) is 0 Å². The van der Waals surface area contributed by atoms with Crippen LogP contribution in [0.5, 0.6) is 0 Å². The van der Waals surface area contributed by atoms with Crippen molar-refractivity contribution in [3.63, 3.8) is 0 Å². The average molecular weight is 241 g/mol. The van der Waals surface area contributed by atoms with Crippen LogP contribution in [-0.4, -0.2) is 20.7 Å². The van der Waals surface area contributed by atoms with Crippen molar-refractivity contribution in [1.82, 2.24) is 0 Å². The van der Waals surface area contributed by atoms with Gasteiger partial charge in [-0.3, -0.25) is 0 Å². The Morgan fingerprint density at radius 2 is 1.44 bits per heavy atom. The first-order chi connectivity index (χ1) is 7.74. The molecule has 0 radical (unpaired) electrons. The standard InChI is InChI=1S/C13H27NOSi/c1-4-9-16(10-5-2,11-6-3)12-7-8-14-13-15/h4-12H2,1-3H3. The number of hydrogen-bond acceptors (Lipinski definition) is 2. The fourth-order valence-electron chi connectivity index (χ4n) is 2.92. The first kappa shape index (κ1) is 15.6. The average Bonchev–Trinajstić information content (AvgIpc) is 2.26. The number of nitrogens with zero attached hydrogens (tertiary/aromatic N) is 1. The second kappa shape index (κ2) is 9.80. The Hall–Kier alpha value is -0.403. The lowest BCUT2D eigenvalue weighted by Crippen LogP contribution is -2.33. The van der Waals surface area contributed by atoms with E-state index in [1.54, 1.807) is 6.08 Å². The summed E-state index contributed by atoms with van der Waals surface area (Å²) in [7, 11) is -1.04. The van der Waals surface area contributed by atoms with Gasteiger partial charge in [-0.05, 0) is 6.42 Å². The van der Waals surface area contributed by atoms with Gasteiger partial charge in [0.15, 0.2) is 0 Å². The van der Waals surface area contributed by atoms with E-state index in [2.05, 4.69) is 25.8 Å². The van der Waals surface area contributed by atoms with E-state index in [0.717, 1.165) is 6.42 Å². The second-order valence-electron chi connectivity index (χ2n) is 4.83. The van der Waals surface area contributed by atoms with Gasteiger partial charge in [0.05, 0.1) is 14.6 Å². The molecule has 0 aromatic rings. The van der Waals surface area contributed by atoms with Crippen LogP contribution in [0.4, 0.5) is 0 Å². The maximum atomic E-state index is 10.0. The largest absolute Gasteiger partial charge is 0.234 e. The van der Waals surface area contributed by atoms with E-state index in [9.17, 15) is 4.79 Å². The Balaban J connectivity index is 4.27. The van der Waals surface area contributed by atoms with Gasteiger partial charge in [0, 0.05) is 0 Å². The van der Waals surface area contributed by atoms with E-state index in [4.69, 9.17) is 0 Å². The van der Waals surface area contributed by atoms with Gasteiger partial charge in [-0.1, -0.05) is 64.2 Å². The lowest BCUT2D eigenvalue weighted by molar-refractivity contribution is 0.562. The predicted molar refractivity (Wildman–Crippen MR) is 73.5 cm³/mol. The van der Waals surface area contributed by atoms with E-state index in [1.165, 1.54) is 43.4 Å². The van der Waals surface area contributed by atoms with Crippen molar-refractivity contribution in [2.24, 2.45) is 4.99 Å². The van der Waals surface area contributed by atoms with Crippen molar-refractivity contribution in [1.29, 1.82) is 0 Å². The Morgan fingerprint density at radius 3 is 1.81 bits per heavy atom. The number of aliphatic imine (C=N–C) groups is 1. The summed E-state index contributed by atoms with van der Waals surface area (Å²) in [5.41, 5.74) is 0. The third-order valence-electron chi connectivity index (χ3n) is 3.38. The highest BCUT2D eigenvalue weighted by atomic mass is 28.3. The normalized spacial score (nSPS) is 11.2. The van der Waals surface area contributed by atoms with Gasteiger partial charge in [0.1, 0.15) is 0 Å². The number of hydrogen-bond donors (Lipinski definition) is 0. The number of rotatable bonds is 10. The van der Waals surface area contributed by atoms with Gasteiger partial charge in [-0.25, -0.2) is 9.79 Å². The molecule has 0 fully saturated rings. The zero-order chi connectivity index (χ0) is 12.3. The van der Waals surface area contributed by atoms with Crippen molar-refractivity contribution in [3.05, 3.63) is 0 Å². The lowest BCUT2D eigenvalue weighted by atomic mass is 10.5. The van der Waals surface area contributed by atoms with E-state index in [0.29, 0.717) is 6.54 Å². The molecular formula is C13H27NOSi. The van der Waals surface area contributed by atoms with Crippen LogP contribution in [0.25, 0.3) is 0 Å². The number of isocyanates is 1. The molecule has 0 unspecified atom stereocenters. The minimum absolute atomic E-state index is 0.690. The Morgan fingerprint density at radius 1 is 0.938 bits per heavy atom. The maximum Gasteiger partial charge on any atom is 0.234 e. The summed E-state index contributed by atoms with van der Waals surface area (Å²) in [6.07, 6.45) is 6.71. The van der Waals surface area contributed by atoms with Crippen LogP contribution in [-0.2, 0) is 4.79 Å². The third kappa shape index (κ3) is 6.24. The van der Waals surface area contributed by atoms with Gasteiger partial charge in [0.2, 0.25) is 6.08 Å². The third-order valence-corrected chi connectivity index (χ3v) is 9.48. The predicted octanol–water partition coefficient (Wildman–Crippen LogP) is 4.39. The van der Waals surface area contributed by atoms with Crippen molar-refractivity contribution in [2.45, 2.75) is 70.6 Å². The molecule has 0 saturated carbocycles. The molecule has 0 bridgehead atoms. The minimum Gasteiger partial charge on any atom is -0.211 e. The van der Waals surface area contributed by atoms with E-state index in [1.807, 2.05) is 0 Å². The molecule has 3 heteroatoms. The molecule has 0 atom stereocenters. The molecule has 0 rings (SSSR count). The first-order valence-electron chi connectivity index (χ1n) is 6.78. The monoisotopic (exact) mass is 241 g/mol. The molecule has 0 amide bonds. The molecule has 0 aromatic carbocycles. The summed E-state index contributed by atoms with van der Waals surface area (Å²) in [4.78, 5) is 13.7. The van der Waals surface area contributed by atoms with Crippen LogP contribution >= 0.6 is 0 Å². The molecule has 0 N–H and O–H groups in total. The first-order valence-corrected chi connectivity index (χ1v) is 9.61. The molecule has 0 saturated heterocycles. The summed E-state index contributed by atoms with van der Waals surface area (Å²) >= 11 is 0. The Bertz CT molecular complexity index is 195. The zero-order valence-corrected chi connectivity index (χ0v) is 12.2. The van der Waals surface area contributed by atoms with E-state index >= 15 is 0 Å². The van der Waals surface area contributed by atoms with Crippen molar-refractivity contribution >= 4 is 14.2 Å². The second-order valence-corrected chi connectivity index (χ2v) is 9.83. The van der Waals surface area contributed by atoms with Crippen LogP contribution in [0, 0.1) is 0 Å². The highest BCUT2D eigenvalue weighted by Gasteiger charge is 2.28. The summed E-state index contributed by atoms with van der Waals surface area (Å²) < 4.78 is 0. The summed E-state index contributed by atoms with van der Waals surface area (Å²) in [6.45, 7) is 7.60. The van der Waals surface area contributed by atoms with Gasteiger partial charge in [0.25, 0.3) is 0 Å². The van der Waals surface area contributed by atoms with Crippen LogP contribution in [0.3, 0.4) is 0 Å². The Kier molecular flexibility index (Phi) is 9.55. The molecule has 0 aliphatic carbocycles. The summed E-state index contributed by atoms with van der Waals surface area (Å²) in [5, 5.41) is 0. The minimum atomic E-state index is -1.04. The lowest BCUT2D eigenvalue weighted by Gasteiger charge is -2.31. The summed E-state index contributed by atoms with van der Waals surface area (Å²) in [5.74, 6) is 0. The smallest absolute Gasteiger partial charge is 0.211 e. The molecule has 0 heterocycles. The van der Waals surface area contributed by atoms with Gasteiger partial charge < -0.3 is 0 Å². The molecule has 0 aliphatic heterocycles. The highest BCUT2D eigenvalue weighted by molar-refractivity contribution is 6.79. The highest BCUT2D eigenvalue weighted by Crippen LogP contribution is 2.31. The van der Waals surface area contributed by atoms with Crippen LogP contribution in [0.2, 0.25) is 24.2 Å². The Labute approximate surface area is 102 Å². The molecule has 16 heavy (non-hydrogen) atoms. The number of carbonyl (C=O) groups excluding carboxylic acids is 1. The molecular weight excluding hydrogens is 214 g/mol. The molecule has 2 nitrogen and oxygen atoms in total. The van der Waals surface area contributed by atoms with Crippen LogP contribution in [0.1, 0.15) is 46.5 Å². The quantitative estimate of drug-likeness (QED) is 0.241. The molecule has 0 spiro atoms. The zero-order valence-electron chi connectivity index (χ0n) is 11.2. The molecule has 0 aromatic heterocycles. The van der Waals surface area contributed by atoms with Gasteiger partial charge >= 0.3 is 0 Å². The van der Waals surface area contributed by atoms with Crippen molar-refractivity contribution < 1.29 is 4.79 Å². The van der Waals surface area contributed by atoms with E-state index in [-0.39, 0.29) is 0 Å². The molecule has 94 valence electrons. The topological polar surface area (TPSA) is 29.4 Å². The van der Waals surface area contributed by atoms with Gasteiger partial charge in [-0.2, -0.15) is 0 Å². The molecule has 0 aliphatic rings. The van der Waals surface area contributed by atoms with Crippen LogP contribution < -0.4 is 0 Å². The van der Waals surface area contributed by atoms with E-state index < -0.39 is 8.07 Å². The van der Waals surface area contributed by atoms with Crippen molar-refractivity contribution in [2.75, 3.05) is 6.54 Å². The van der Waals surface area contributed by atoms with Crippen molar-refractivity contribution in [3.8, 4) is 0 Å². The summed E-state index contributed by atoms with van der Waals surface area (Å²) in [6, 6.07) is 5.73. The fourth-order valence-corrected chi connectivity index (χ4v) is 8.51.